The number of rotatable bonds is 2. The highest BCUT2D eigenvalue weighted by atomic mass is 15.3. The fourth-order valence-electron chi connectivity index (χ4n) is 2.98. The molecule has 0 saturated carbocycles. The molecule has 0 aliphatic carbocycles. The van der Waals surface area contributed by atoms with Gasteiger partial charge < -0.3 is 4.90 Å². The van der Waals surface area contributed by atoms with Gasteiger partial charge in [-0.15, -0.1) is 0 Å². The maximum atomic E-state index is 9.03. The number of benzene rings is 1. The van der Waals surface area contributed by atoms with E-state index in [4.69, 9.17) is 5.26 Å². The first-order chi connectivity index (χ1) is 10.2. The van der Waals surface area contributed by atoms with Crippen LogP contribution in [0.15, 0.2) is 30.3 Å². The summed E-state index contributed by atoms with van der Waals surface area (Å²) in [5.74, 6) is 0. The van der Waals surface area contributed by atoms with Gasteiger partial charge in [0.2, 0.25) is 0 Å². The zero-order valence-corrected chi connectivity index (χ0v) is 12.6. The van der Waals surface area contributed by atoms with E-state index in [0.717, 1.165) is 37.4 Å². The lowest BCUT2D eigenvalue weighted by Gasteiger charge is -2.37. The van der Waals surface area contributed by atoms with Crippen LogP contribution in [0.3, 0.4) is 0 Å². The molecule has 1 unspecified atom stereocenters. The molecule has 4 nitrogen and oxygen atoms in total. The molecule has 1 atom stereocenters. The van der Waals surface area contributed by atoms with E-state index in [1.165, 1.54) is 11.1 Å². The molecule has 1 aliphatic rings. The zero-order valence-electron chi connectivity index (χ0n) is 12.6. The number of aromatic nitrogens is 1. The Bertz CT molecular complexity index is 681. The maximum Gasteiger partial charge on any atom is 0.0950 e. The van der Waals surface area contributed by atoms with E-state index >= 15 is 0 Å². The molecule has 0 spiro atoms. The fourth-order valence-corrected chi connectivity index (χ4v) is 2.98. The van der Waals surface area contributed by atoms with Crippen molar-refractivity contribution in [3.63, 3.8) is 0 Å². The number of piperazine rings is 1. The van der Waals surface area contributed by atoms with Crippen molar-refractivity contribution in [1.82, 2.24) is 9.88 Å². The van der Waals surface area contributed by atoms with Crippen LogP contribution < -0.4 is 4.90 Å². The lowest BCUT2D eigenvalue weighted by Crippen LogP contribution is -2.49. The molecular formula is C17H20N4. The third kappa shape index (κ3) is 2.70. The molecule has 4 heteroatoms. The minimum Gasteiger partial charge on any atom is -0.368 e. The summed E-state index contributed by atoms with van der Waals surface area (Å²) in [5.41, 5.74) is 3.37. The molecule has 21 heavy (non-hydrogen) atoms. The van der Waals surface area contributed by atoms with Crippen molar-refractivity contribution in [1.29, 1.82) is 5.26 Å². The van der Waals surface area contributed by atoms with E-state index < -0.39 is 0 Å². The lowest BCUT2D eigenvalue weighted by atomic mass is 10.1. The lowest BCUT2D eigenvalue weighted by molar-refractivity contribution is 0.232. The van der Waals surface area contributed by atoms with Gasteiger partial charge in [-0.05, 0) is 26.0 Å². The number of hydrogen-bond acceptors (Lipinski definition) is 4. The van der Waals surface area contributed by atoms with E-state index in [9.17, 15) is 0 Å². The van der Waals surface area contributed by atoms with Crippen LogP contribution in [0, 0.1) is 18.3 Å². The summed E-state index contributed by atoms with van der Waals surface area (Å²) in [6.07, 6.45) is 0. The molecule has 0 N–H and O–H groups in total. The molecule has 1 aromatic carbocycles. The Morgan fingerprint density at radius 2 is 1.90 bits per heavy atom. The van der Waals surface area contributed by atoms with Gasteiger partial charge in [-0.1, -0.05) is 18.2 Å². The number of hydrogen-bond donors (Lipinski definition) is 0. The average Bonchev–Trinajstić information content (AvgIpc) is 2.53. The number of aryl methyl sites for hydroxylation is 1. The van der Waals surface area contributed by atoms with Gasteiger partial charge in [0.1, 0.15) is 0 Å². The summed E-state index contributed by atoms with van der Waals surface area (Å²) < 4.78 is 0. The quantitative estimate of drug-likeness (QED) is 0.848. The van der Waals surface area contributed by atoms with Crippen LogP contribution in [0.1, 0.15) is 12.6 Å². The van der Waals surface area contributed by atoms with E-state index in [0.29, 0.717) is 0 Å². The standard InChI is InChI=1S/C17H20N4/c1-13-11-17(15-5-3-4-6-16(15)19-13)21-9-7-20(8-10-21)14(2)12-18/h3-6,11,14H,7-10H2,1-2H3. The predicted octanol–water partition coefficient (Wildman–Crippen LogP) is 2.58. The second-order valence-electron chi connectivity index (χ2n) is 5.63. The maximum absolute atomic E-state index is 9.03. The Balaban J connectivity index is 1.87. The predicted molar refractivity (Wildman–Crippen MR) is 85.3 cm³/mol. The van der Waals surface area contributed by atoms with E-state index in [-0.39, 0.29) is 6.04 Å². The van der Waals surface area contributed by atoms with Crippen LogP contribution in [0.4, 0.5) is 5.69 Å². The monoisotopic (exact) mass is 280 g/mol. The Kier molecular flexibility index (Phi) is 3.76. The van der Waals surface area contributed by atoms with Gasteiger partial charge in [-0.2, -0.15) is 5.26 Å². The van der Waals surface area contributed by atoms with Gasteiger partial charge in [-0.3, -0.25) is 9.88 Å². The highest BCUT2D eigenvalue weighted by molar-refractivity contribution is 5.92. The van der Waals surface area contributed by atoms with Crippen LogP contribution in [0.2, 0.25) is 0 Å². The number of anilines is 1. The highest BCUT2D eigenvalue weighted by Crippen LogP contribution is 2.27. The molecule has 1 saturated heterocycles. The molecule has 1 fully saturated rings. The zero-order chi connectivity index (χ0) is 14.8. The van der Waals surface area contributed by atoms with Crippen molar-refractivity contribution in [3.8, 4) is 6.07 Å². The van der Waals surface area contributed by atoms with Crippen LogP contribution in [-0.2, 0) is 0 Å². The van der Waals surface area contributed by atoms with Crippen LogP contribution in [0.5, 0.6) is 0 Å². The first-order valence-electron chi connectivity index (χ1n) is 7.44. The number of para-hydroxylation sites is 1. The molecule has 0 bridgehead atoms. The summed E-state index contributed by atoms with van der Waals surface area (Å²) in [5, 5.41) is 10.2. The van der Waals surface area contributed by atoms with Crippen LogP contribution in [0.25, 0.3) is 10.9 Å². The minimum atomic E-state index is 0.00284. The summed E-state index contributed by atoms with van der Waals surface area (Å²) in [7, 11) is 0. The normalized spacial score (nSPS) is 17.7. The van der Waals surface area contributed by atoms with Crippen molar-refractivity contribution in [2.45, 2.75) is 19.9 Å². The molecule has 3 rings (SSSR count). The van der Waals surface area contributed by atoms with Crippen molar-refractivity contribution >= 4 is 16.6 Å². The Morgan fingerprint density at radius 3 is 2.62 bits per heavy atom. The van der Waals surface area contributed by atoms with Crippen molar-refractivity contribution in [2.75, 3.05) is 31.1 Å². The number of nitrogens with zero attached hydrogens (tertiary/aromatic N) is 4. The van der Waals surface area contributed by atoms with E-state index in [1.807, 2.05) is 19.9 Å². The molecule has 0 amide bonds. The van der Waals surface area contributed by atoms with Crippen molar-refractivity contribution < 1.29 is 0 Å². The molecule has 2 heterocycles. The third-order valence-electron chi connectivity index (χ3n) is 4.21. The second kappa shape index (κ2) is 5.71. The SMILES string of the molecule is Cc1cc(N2CCN(C(C)C#N)CC2)c2ccccc2n1. The van der Waals surface area contributed by atoms with Gasteiger partial charge in [-0.25, -0.2) is 0 Å². The smallest absolute Gasteiger partial charge is 0.0950 e. The summed E-state index contributed by atoms with van der Waals surface area (Å²) in [6, 6.07) is 12.8. The van der Waals surface area contributed by atoms with Gasteiger partial charge in [0.25, 0.3) is 0 Å². The Labute approximate surface area is 125 Å². The third-order valence-corrected chi connectivity index (χ3v) is 4.21. The van der Waals surface area contributed by atoms with Gasteiger partial charge in [0.05, 0.1) is 17.6 Å². The summed E-state index contributed by atoms with van der Waals surface area (Å²) in [4.78, 5) is 9.26. The van der Waals surface area contributed by atoms with Gasteiger partial charge in [0.15, 0.2) is 0 Å². The number of fused-ring (bicyclic) bond motifs is 1. The summed E-state index contributed by atoms with van der Waals surface area (Å²) in [6.45, 7) is 7.80. The molecule has 1 aromatic heterocycles. The number of nitriles is 1. The largest absolute Gasteiger partial charge is 0.368 e. The molecule has 108 valence electrons. The Morgan fingerprint density at radius 1 is 1.19 bits per heavy atom. The first-order valence-corrected chi connectivity index (χ1v) is 7.44. The van der Waals surface area contributed by atoms with Crippen molar-refractivity contribution in [2.24, 2.45) is 0 Å². The molecule has 2 aromatic rings. The van der Waals surface area contributed by atoms with Crippen LogP contribution >= 0.6 is 0 Å². The Hall–Kier alpha value is -2.12. The fraction of sp³-hybridized carbons (Fsp3) is 0.412. The molecule has 1 aliphatic heterocycles. The number of pyridine rings is 1. The van der Waals surface area contributed by atoms with E-state index in [2.05, 4.69) is 45.1 Å². The van der Waals surface area contributed by atoms with E-state index in [1.54, 1.807) is 0 Å². The van der Waals surface area contributed by atoms with Crippen molar-refractivity contribution in [3.05, 3.63) is 36.0 Å². The molecular weight excluding hydrogens is 260 g/mol. The first kappa shape index (κ1) is 13.8. The van der Waals surface area contributed by atoms with Gasteiger partial charge >= 0.3 is 0 Å². The second-order valence-corrected chi connectivity index (χ2v) is 5.63. The average molecular weight is 280 g/mol. The molecule has 0 radical (unpaired) electrons. The summed E-state index contributed by atoms with van der Waals surface area (Å²) >= 11 is 0. The van der Waals surface area contributed by atoms with Crippen LogP contribution in [-0.4, -0.2) is 42.1 Å². The minimum absolute atomic E-state index is 0.00284. The topological polar surface area (TPSA) is 43.2 Å². The van der Waals surface area contributed by atoms with Gasteiger partial charge in [0, 0.05) is 42.9 Å². The highest BCUT2D eigenvalue weighted by Gasteiger charge is 2.22.